The first kappa shape index (κ1) is 8.68. The summed E-state index contributed by atoms with van der Waals surface area (Å²) in [6, 6.07) is 1.93. The second kappa shape index (κ2) is 4.46. The SMILES string of the molecule is CCn1ccc(CCN=C=O)n1. The van der Waals surface area contributed by atoms with Crippen molar-refractivity contribution in [3.8, 4) is 0 Å². The van der Waals surface area contributed by atoms with Crippen LogP contribution in [0.25, 0.3) is 0 Å². The number of aryl methyl sites for hydroxylation is 1. The number of aromatic nitrogens is 2. The maximum atomic E-state index is 9.74. The van der Waals surface area contributed by atoms with E-state index >= 15 is 0 Å². The Morgan fingerprint density at radius 1 is 1.75 bits per heavy atom. The van der Waals surface area contributed by atoms with E-state index in [0.717, 1.165) is 12.2 Å². The highest BCUT2D eigenvalue weighted by Gasteiger charge is 1.95. The maximum absolute atomic E-state index is 9.74. The fourth-order valence-electron chi connectivity index (χ4n) is 0.929. The van der Waals surface area contributed by atoms with Crippen molar-refractivity contribution in [2.24, 2.45) is 4.99 Å². The summed E-state index contributed by atoms with van der Waals surface area (Å²) in [7, 11) is 0. The monoisotopic (exact) mass is 165 g/mol. The number of hydrogen-bond acceptors (Lipinski definition) is 3. The number of carbonyl (C=O) groups excluding carboxylic acids is 1. The van der Waals surface area contributed by atoms with Crippen molar-refractivity contribution in [3.63, 3.8) is 0 Å². The molecule has 0 saturated carbocycles. The van der Waals surface area contributed by atoms with E-state index in [-0.39, 0.29) is 0 Å². The zero-order chi connectivity index (χ0) is 8.81. The van der Waals surface area contributed by atoms with E-state index in [1.165, 1.54) is 6.08 Å². The Hall–Kier alpha value is -1.41. The minimum atomic E-state index is 0.476. The van der Waals surface area contributed by atoms with Gasteiger partial charge in [-0.25, -0.2) is 9.79 Å². The van der Waals surface area contributed by atoms with Crippen LogP contribution in [0.15, 0.2) is 17.3 Å². The van der Waals surface area contributed by atoms with Crippen molar-refractivity contribution < 1.29 is 4.79 Å². The van der Waals surface area contributed by atoms with Crippen molar-refractivity contribution in [2.75, 3.05) is 6.54 Å². The van der Waals surface area contributed by atoms with Gasteiger partial charge in [0.2, 0.25) is 6.08 Å². The molecule has 1 aromatic rings. The molecule has 0 spiro atoms. The Balaban J connectivity index is 2.46. The third-order valence-corrected chi connectivity index (χ3v) is 1.56. The third kappa shape index (κ3) is 2.32. The predicted octanol–water partition coefficient (Wildman–Crippen LogP) is 0.781. The smallest absolute Gasteiger partial charge is 0.234 e. The summed E-state index contributed by atoms with van der Waals surface area (Å²) in [4.78, 5) is 13.2. The molecule has 1 heterocycles. The molecule has 0 saturated heterocycles. The van der Waals surface area contributed by atoms with Gasteiger partial charge in [-0.05, 0) is 13.0 Å². The zero-order valence-corrected chi connectivity index (χ0v) is 7.03. The van der Waals surface area contributed by atoms with E-state index in [9.17, 15) is 4.79 Å². The summed E-state index contributed by atoms with van der Waals surface area (Å²) in [5.74, 6) is 0. The molecule has 0 aromatic carbocycles. The maximum Gasteiger partial charge on any atom is 0.234 e. The van der Waals surface area contributed by atoms with E-state index in [2.05, 4.69) is 10.1 Å². The van der Waals surface area contributed by atoms with Crippen LogP contribution in [-0.4, -0.2) is 22.4 Å². The van der Waals surface area contributed by atoms with Gasteiger partial charge in [-0.3, -0.25) is 4.68 Å². The first-order valence-electron chi connectivity index (χ1n) is 3.92. The average Bonchev–Trinajstić information content (AvgIpc) is 2.53. The minimum absolute atomic E-state index is 0.476. The van der Waals surface area contributed by atoms with Crippen LogP contribution in [0.1, 0.15) is 12.6 Å². The predicted molar refractivity (Wildman–Crippen MR) is 44.6 cm³/mol. The Morgan fingerprint density at radius 3 is 3.17 bits per heavy atom. The first-order valence-corrected chi connectivity index (χ1v) is 3.92. The summed E-state index contributed by atoms with van der Waals surface area (Å²) in [6.45, 7) is 3.38. The molecule has 0 radical (unpaired) electrons. The van der Waals surface area contributed by atoms with Crippen LogP contribution in [0.2, 0.25) is 0 Å². The molecule has 0 aliphatic heterocycles. The van der Waals surface area contributed by atoms with Crippen LogP contribution in [-0.2, 0) is 17.8 Å². The number of aliphatic imine (C=N–C) groups is 1. The second-order valence-electron chi connectivity index (χ2n) is 2.39. The number of hydrogen-bond donors (Lipinski definition) is 0. The van der Waals surface area contributed by atoms with Gasteiger partial charge in [0, 0.05) is 19.2 Å². The van der Waals surface area contributed by atoms with Gasteiger partial charge in [-0.15, -0.1) is 0 Å². The molecular weight excluding hydrogens is 154 g/mol. The molecule has 1 rings (SSSR count). The zero-order valence-electron chi connectivity index (χ0n) is 7.03. The summed E-state index contributed by atoms with van der Waals surface area (Å²) in [5, 5.41) is 4.23. The fraction of sp³-hybridized carbons (Fsp3) is 0.500. The van der Waals surface area contributed by atoms with Crippen molar-refractivity contribution in [3.05, 3.63) is 18.0 Å². The number of nitrogens with zero attached hydrogens (tertiary/aromatic N) is 3. The summed E-state index contributed by atoms with van der Waals surface area (Å²) in [6.07, 6.45) is 4.13. The topological polar surface area (TPSA) is 47.2 Å². The molecule has 64 valence electrons. The van der Waals surface area contributed by atoms with Crippen molar-refractivity contribution in [1.29, 1.82) is 0 Å². The Morgan fingerprint density at radius 2 is 2.58 bits per heavy atom. The lowest BCUT2D eigenvalue weighted by Crippen LogP contribution is -1.96. The Labute approximate surface area is 70.9 Å². The Bertz CT molecular complexity index is 286. The summed E-state index contributed by atoms with van der Waals surface area (Å²) < 4.78 is 1.85. The lowest BCUT2D eigenvalue weighted by molar-refractivity contribution is 0.562. The van der Waals surface area contributed by atoms with Gasteiger partial charge >= 0.3 is 0 Å². The van der Waals surface area contributed by atoms with E-state index < -0.39 is 0 Å². The van der Waals surface area contributed by atoms with Gasteiger partial charge < -0.3 is 0 Å². The molecule has 0 N–H and O–H groups in total. The molecule has 0 atom stereocenters. The molecule has 12 heavy (non-hydrogen) atoms. The van der Waals surface area contributed by atoms with Gasteiger partial charge in [-0.2, -0.15) is 5.10 Å². The molecule has 4 nitrogen and oxygen atoms in total. The van der Waals surface area contributed by atoms with E-state index in [0.29, 0.717) is 13.0 Å². The molecule has 0 aliphatic carbocycles. The van der Waals surface area contributed by atoms with Crippen molar-refractivity contribution in [1.82, 2.24) is 9.78 Å². The Kier molecular flexibility index (Phi) is 3.23. The van der Waals surface area contributed by atoms with Crippen molar-refractivity contribution in [2.45, 2.75) is 19.9 Å². The lowest BCUT2D eigenvalue weighted by atomic mass is 10.3. The van der Waals surface area contributed by atoms with Crippen LogP contribution in [0.5, 0.6) is 0 Å². The van der Waals surface area contributed by atoms with Gasteiger partial charge in [0.25, 0.3) is 0 Å². The highest BCUT2D eigenvalue weighted by Crippen LogP contribution is 1.96. The van der Waals surface area contributed by atoms with E-state index in [1.54, 1.807) is 0 Å². The third-order valence-electron chi connectivity index (χ3n) is 1.56. The van der Waals surface area contributed by atoms with E-state index in [4.69, 9.17) is 0 Å². The quantitative estimate of drug-likeness (QED) is 0.489. The average molecular weight is 165 g/mol. The normalized spacial score (nSPS) is 9.42. The van der Waals surface area contributed by atoms with Crippen LogP contribution >= 0.6 is 0 Å². The van der Waals surface area contributed by atoms with E-state index in [1.807, 2.05) is 23.9 Å². The fourth-order valence-corrected chi connectivity index (χ4v) is 0.929. The lowest BCUT2D eigenvalue weighted by Gasteiger charge is -1.92. The summed E-state index contributed by atoms with van der Waals surface area (Å²) in [5.41, 5.74) is 0.968. The highest BCUT2D eigenvalue weighted by atomic mass is 16.1. The van der Waals surface area contributed by atoms with Crippen LogP contribution in [0, 0.1) is 0 Å². The van der Waals surface area contributed by atoms with Crippen LogP contribution in [0.4, 0.5) is 0 Å². The number of isocyanates is 1. The minimum Gasteiger partial charge on any atom is -0.273 e. The van der Waals surface area contributed by atoms with Crippen molar-refractivity contribution >= 4 is 6.08 Å². The summed E-state index contributed by atoms with van der Waals surface area (Å²) >= 11 is 0. The largest absolute Gasteiger partial charge is 0.273 e. The molecule has 0 aliphatic rings. The van der Waals surface area contributed by atoms with Gasteiger partial charge in [0.15, 0.2) is 0 Å². The van der Waals surface area contributed by atoms with Crippen LogP contribution < -0.4 is 0 Å². The first-order chi connectivity index (χ1) is 5.86. The van der Waals surface area contributed by atoms with Gasteiger partial charge in [-0.1, -0.05) is 0 Å². The molecule has 0 amide bonds. The highest BCUT2D eigenvalue weighted by molar-refractivity contribution is 5.32. The molecule has 0 bridgehead atoms. The van der Waals surface area contributed by atoms with Crippen LogP contribution in [0.3, 0.4) is 0 Å². The van der Waals surface area contributed by atoms with Gasteiger partial charge in [0.1, 0.15) is 0 Å². The molecule has 4 heteroatoms. The number of rotatable bonds is 4. The molecule has 1 aromatic heterocycles. The molecule has 0 fully saturated rings. The van der Waals surface area contributed by atoms with Gasteiger partial charge in [0.05, 0.1) is 12.2 Å². The standard InChI is InChI=1S/C8H11N3O/c1-2-11-6-4-8(10-11)3-5-9-7-12/h4,6H,2-3,5H2,1H3. The second-order valence-corrected chi connectivity index (χ2v) is 2.39. The molecule has 0 unspecified atom stereocenters. The molecular formula is C8H11N3O.